The minimum Gasteiger partial charge on any atom is -0.320 e. The molecule has 98 valence electrons. The number of rotatable bonds is 3. The molecule has 1 aromatic heterocycles. The van der Waals surface area contributed by atoms with Gasteiger partial charge < -0.3 is 4.57 Å². The molecule has 0 amide bonds. The quantitative estimate of drug-likeness (QED) is 0.847. The lowest BCUT2D eigenvalue weighted by Gasteiger charge is -2.18. The van der Waals surface area contributed by atoms with Crippen LogP contribution in [0.2, 0.25) is 0 Å². The number of fused-ring (bicyclic) bond motifs is 1. The summed E-state index contributed by atoms with van der Waals surface area (Å²) in [6.07, 6.45) is 0.214. The van der Waals surface area contributed by atoms with Crippen molar-refractivity contribution in [3.8, 4) is 6.07 Å². The highest BCUT2D eigenvalue weighted by atomic mass is 16.1. The van der Waals surface area contributed by atoms with Crippen molar-refractivity contribution in [1.29, 1.82) is 5.26 Å². The third-order valence-electron chi connectivity index (χ3n) is 3.11. The van der Waals surface area contributed by atoms with Crippen molar-refractivity contribution >= 4 is 16.8 Å². The number of nitrogens with zero attached hydrogens (tertiary/aromatic N) is 3. The molecule has 0 unspecified atom stereocenters. The number of Topliss-reactive ketones (excluding diaryl/α,β-unsaturated/α-hetero) is 1. The van der Waals surface area contributed by atoms with Crippen molar-refractivity contribution in [2.45, 2.75) is 33.7 Å². The molecule has 0 fully saturated rings. The summed E-state index contributed by atoms with van der Waals surface area (Å²) >= 11 is 0. The molecule has 0 bridgehead atoms. The lowest BCUT2D eigenvalue weighted by atomic mass is 9.91. The zero-order chi connectivity index (χ0) is 14.0. The van der Waals surface area contributed by atoms with Gasteiger partial charge in [-0.15, -0.1) is 0 Å². The van der Waals surface area contributed by atoms with Crippen molar-refractivity contribution in [3.05, 3.63) is 30.1 Å². The van der Waals surface area contributed by atoms with E-state index in [2.05, 4.69) is 11.1 Å². The van der Waals surface area contributed by atoms with E-state index in [0.29, 0.717) is 5.82 Å². The molecular weight excluding hydrogens is 238 g/mol. The van der Waals surface area contributed by atoms with Crippen molar-refractivity contribution < 1.29 is 4.79 Å². The predicted molar refractivity (Wildman–Crippen MR) is 73.5 cm³/mol. The SMILES string of the molecule is CC(C)(C)C(=O)Cn1c(CC#N)nc2ccccc21. The van der Waals surface area contributed by atoms with E-state index in [9.17, 15) is 4.79 Å². The minimum atomic E-state index is -0.394. The maximum atomic E-state index is 12.2. The highest BCUT2D eigenvalue weighted by Gasteiger charge is 2.23. The summed E-state index contributed by atoms with van der Waals surface area (Å²) < 4.78 is 1.85. The van der Waals surface area contributed by atoms with E-state index in [1.807, 2.05) is 49.6 Å². The van der Waals surface area contributed by atoms with Crippen molar-refractivity contribution in [2.75, 3.05) is 0 Å². The van der Waals surface area contributed by atoms with Gasteiger partial charge in [-0.3, -0.25) is 4.79 Å². The summed E-state index contributed by atoms with van der Waals surface area (Å²) in [5.41, 5.74) is 1.34. The fourth-order valence-corrected chi connectivity index (χ4v) is 1.89. The van der Waals surface area contributed by atoms with Crippen LogP contribution in [0.25, 0.3) is 11.0 Å². The first-order valence-electron chi connectivity index (χ1n) is 6.28. The molecule has 0 aliphatic carbocycles. The Bertz CT molecular complexity index is 656. The molecule has 4 heteroatoms. The molecule has 2 aromatic rings. The van der Waals surface area contributed by atoms with Crippen LogP contribution in [0.5, 0.6) is 0 Å². The van der Waals surface area contributed by atoms with Gasteiger partial charge in [0.1, 0.15) is 5.82 Å². The second-order valence-corrected chi connectivity index (χ2v) is 5.61. The lowest BCUT2D eigenvalue weighted by Crippen LogP contribution is -2.25. The summed E-state index contributed by atoms with van der Waals surface area (Å²) in [5, 5.41) is 8.88. The van der Waals surface area contributed by atoms with Gasteiger partial charge >= 0.3 is 0 Å². The highest BCUT2D eigenvalue weighted by Crippen LogP contribution is 2.20. The Kier molecular flexibility index (Phi) is 3.39. The normalized spacial score (nSPS) is 11.5. The topological polar surface area (TPSA) is 58.7 Å². The number of ketones is 1. The number of imidazole rings is 1. The summed E-state index contributed by atoms with van der Waals surface area (Å²) in [4.78, 5) is 16.6. The summed E-state index contributed by atoms with van der Waals surface area (Å²) in [7, 11) is 0. The van der Waals surface area contributed by atoms with E-state index in [1.54, 1.807) is 0 Å². The molecule has 0 saturated carbocycles. The first-order valence-corrected chi connectivity index (χ1v) is 6.28. The number of hydrogen-bond acceptors (Lipinski definition) is 3. The van der Waals surface area contributed by atoms with E-state index in [0.717, 1.165) is 11.0 Å². The zero-order valence-electron chi connectivity index (χ0n) is 11.5. The number of carbonyl (C=O) groups excluding carboxylic acids is 1. The Morgan fingerprint density at radius 1 is 1.37 bits per heavy atom. The molecule has 19 heavy (non-hydrogen) atoms. The van der Waals surface area contributed by atoms with Gasteiger partial charge in [0.05, 0.1) is 30.1 Å². The zero-order valence-corrected chi connectivity index (χ0v) is 11.5. The van der Waals surface area contributed by atoms with Crippen LogP contribution < -0.4 is 0 Å². The Labute approximate surface area is 112 Å². The van der Waals surface area contributed by atoms with Crippen LogP contribution in [0.3, 0.4) is 0 Å². The maximum absolute atomic E-state index is 12.2. The second kappa shape index (κ2) is 4.85. The minimum absolute atomic E-state index is 0.134. The molecule has 1 aromatic carbocycles. The number of aromatic nitrogens is 2. The molecule has 4 nitrogen and oxygen atoms in total. The van der Waals surface area contributed by atoms with Gasteiger partial charge in [0.15, 0.2) is 5.78 Å². The summed E-state index contributed by atoms with van der Waals surface area (Å²) in [5.74, 6) is 0.788. The van der Waals surface area contributed by atoms with Crippen LogP contribution in [0.1, 0.15) is 26.6 Å². The monoisotopic (exact) mass is 255 g/mol. The molecule has 0 saturated heterocycles. The average molecular weight is 255 g/mol. The summed E-state index contributed by atoms with van der Waals surface area (Å²) in [6.45, 7) is 5.97. The third kappa shape index (κ3) is 2.65. The fraction of sp³-hybridized carbons (Fsp3) is 0.400. The largest absolute Gasteiger partial charge is 0.320 e. The molecule has 1 heterocycles. The van der Waals surface area contributed by atoms with E-state index < -0.39 is 5.41 Å². The van der Waals surface area contributed by atoms with Crippen LogP contribution in [-0.2, 0) is 17.8 Å². The molecule has 0 N–H and O–H groups in total. The molecule has 0 aliphatic heterocycles. The van der Waals surface area contributed by atoms with Crippen molar-refractivity contribution in [1.82, 2.24) is 9.55 Å². The van der Waals surface area contributed by atoms with E-state index >= 15 is 0 Å². The molecule has 0 radical (unpaired) electrons. The van der Waals surface area contributed by atoms with Crippen molar-refractivity contribution in [2.24, 2.45) is 5.41 Å². The Hall–Kier alpha value is -2.15. The van der Waals surface area contributed by atoms with Crippen LogP contribution in [0.15, 0.2) is 24.3 Å². The Morgan fingerprint density at radius 3 is 2.68 bits per heavy atom. The van der Waals surface area contributed by atoms with Crippen LogP contribution >= 0.6 is 0 Å². The maximum Gasteiger partial charge on any atom is 0.157 e. The number of nitriles is 1. The highest BCUT2D eigenvalue weighted by molar-refractivity contribution is 5.85. The molecule has 0 aliphatic rings. The lowest BCUT2D eigenvalue weighted by molar-refractivity contribution is -0.126. The van der Waals surface area contributed by atoms with Gasteiger partial charge in [0.2, 0.25) is 0 Å². The Balaban J connectivity index is 2.48. The smallest absolute Gasteiger partial charge is 0.157 e. The van der Waals surface area contributed by atoms with Crippen LogP contribution in [0, 0.1) is 16.7 Å². The van der Waals surface area contributed by atoms with E-state index in [-0.39, 0.29) is 18.7 Å². The number of benzene rings is 1. The standard InChI is InChI=1S/C15H17N3O/c1-15(2,3)13(19)10-18-12-7-5-4-6-11(12)17-14(18)8-9-16/h4-7H,8,10H2,1-3H3. The van der Waals surface area contributed by atoms with Gasteiger partial charge in [0, 0.05) is 5.41 Å². The van der Waals surface area contributed by atoms with E-state index in [1.165, 1.54) is 0 Å². The van der Waals surface area contributed by atoms with Gasteiger partial charge in [-0.1, -0.05) is 32.9 Å². The second-order valence-electron chi connectivity index (χ2n) is 5.61. The number of carbonyl (C=O) groups is 1. The Morgan fingerprint density at radius 2 is 2.05 bits per heavy atom. The summed E-state index contributed by atoms with van der Waals surface area (Å²) in [6, 6.07) is 9.75. The number of para-hydroxylation sites is 2. The predicted octanol–water partition coefficient (Wildman–Crippen LogP) is 2.72. The molecule has 0 spiro atoms. The van der Waals surface area contributed by atoms with Gasteiger partial charge in [-0.2, -0.15) is 5.26 Å². The van der Waals surface area contributed by atoms with Crippen molar-refractivity contribution in [3.63, 3.8) is 0 Å². The van der Waals surface area contributed by atoms with Gasteiger partial charge in [-0.25, -0.2) is 4.98 Å². The molecular formula is C15H17N3O. The third-order valence-corrected chi connectivity index (χ3v) is 3.11. The first-order chi connectivity index (χ1) is 8.93. The average Bonchev–Trinajstić information content (AvgIpc) is 2.67. The van der Waals surface area contributed by atoms with Gasteiger partial charge in [0.25, 0.3) is 0 Å². The van der Waals surface area contributed by atoms with E-state index in [4.69, 9.17) is 5.26 Å². The molecule has 0 atom stereocenters. The van der Waals surface area contributed by atoms with Crippen LogP contribution in [-0.4, -0.2) is 15.3 Å². The number of hydrogen-bond donors (Lipinski definition) is 0. The first kappa shape index (κ1) is 13.3. The molecule has 2 rings (SSSR count). The van der Waals surface area contributed by atoms with Crippen LogP contribution in [0.4, 0.5) is 0 Å². The fourth-order valence-electron chi connectivity index (χ4n) is 1.89. The van der Waals surface area contributed by atoms with Gasteiger partial charge in [-0.05, 0) is 12.1 Å².